The van der Waals surface area contributed by atoms with E-state index in [4.69, 9.17) is 11.0 Å². The highest BCUT2D eigenvalue weighted by Crippen LogP contribution is 2.37. The summed E-state index contributed by atoms with van der Waals surface area (Å²) in [4.78, 5) is 9.92. The van der Waals surface area contributed by atoms with Crippen LogP contribution in [0.1, 0.15) is 25.3 Å². The first-order valence-corrected chi connectivity index (χ1v) is 8.56. The van der Waals surface area contributed by atoms with Gasteiger partial charge < -0.3 is 5.73 Å². The number of anilines is 1. The third kappa shape index (κ3) is 3.06. The molecule has 0 bridgehead atoms. The second-order valence-corrected chi connectivity index (χ2v) is 6.75. The highest BCUT2D eigenvalue weighted by Gasteiger charge is 2.13. The van der Waals surface area contributed by atoms with Gasteiger partial charge in [-0.2, -0.15) is 5.26 Å². The summed E-state index contributed by atoms with van der Waals surface area (Å²) in [6, 6.07) is 6.26. The van der Waals surface area contributed by atoms with E-state index in [0.29, 0.717) is 5.13 Å². The van der Waals surface area contributed by atoms with Crippen LogP contribution in [0.4, 0.5) is 5.13 Å². The smallest absolute Gasteiger partial charge is 0.180 e. The Hall–Kier alpha value is -2.10. The molecule has 4 nitrogen and oxygen atoms in total. The monoisotopic (exact) mass is 326 g/mol. The zero-order valence-corrected chi connectivity index (χ0v) is 13.7. The number of rotatable bonds is 2. The van der Waals surface area contributed by atoms with Crippen LogP contribution in [-0.4, -0.2) is 9.97 Å². The van der Waals surface area contributed by atoms with Crippen LogP contribution in [0.15, 0.2) is 40.3 Å². The highest BCUT2D eigenvalue weighted by molar-refractivity contribution is 8.11. The number of aromatic nitrogens is 2. The molecule has 0 fully saturated rings. The van der Waals surface area contributed by atoms with Crippen molar-refractivity contribution in [1.29, 1.82) is 5.26 Å². The number of nitrogens with two attached hydrogens (primary N) is 1. The first-order valence-electron chi connectivity index (χ1n) is 6.80. The van der Waals surface area contributed by atoms with E-state index in [2.05, 4.69) is 29.0 Å². The number of thioether (sulfide) groups is 1. The molecule has 110 valence electrons. The van der Waals surface area contributed by atoms with Crippen LogP contribution < -0.4 is 5.73 Å². The largest absolute Gasteiger partial charge is 0.375 e. The molecular weight excluding hydrogens is 312 g/mol. The fraction of sp³-hybridized carbons (Fsp3) is 0.188. The molecule has 0 aliphatic carbocycles. The Bertz CT molecular complexity index is 794. The fourth-order valence-corrected chi connectivity index (χ4v) is 3.75. The summed E-state index contributed by atoms with van der Waals surface area (Å²) >= 11 is 3.02. The maximum Gasteiger partial charge on any atom is 0.180 e. The van der Waals surface area contributed by atoms with Crippen molar-refractivity contribution >= 4 is 33.1 Å². The SMILES string of the molecule is CC1=C(c2ccc(-c3csc(N)n3)nc2)SC=C(C#N)CC1. The first kappa shape index (κ1) is 14.8. The van der Waals surface area contributed by atoms with Crippen molar-refractivity contribution in [2.24, 2.45) is 0 Å². The van der Waals surface area contributed by atoms with Crippen LogP contribution >= 0.6 is 23.1 Å². The van der Waals surface area contributed by atoms with Crippen LogP contribution in [0.25, 0.3) is 16.3 Å². The molecule has 1 aliphatic rings. The van der Waals surface area contributed by atoms with Gasteiger partial charge in [-0.15, -0.1) is 11.3 Å². The molecule has 0 saturated carbocycles. The second-order valence-electron chi connectivity index (χ2n) is 4.99. The van der Waals surface area contributed by atoms with E-state index in [1.165, 1.54) is 21.8 Å². The van der Waals surface area contributed by atoms with Gasteiger partial charge in [0.1, 0.15) is 5.69 Å². The van der Waals surface area contributed by atoms with Gasteiger partial charge in [-0.05, 0) is 31.2 Å². The molecule has 1 aliphatic heterocycles. The Kier molecular flexibility index (Phi) is 4.27. The van der Waals surface area contributed by atoms with Crippen molar-refractivity contribution in [3.63, 3.8) is 0 Å². The zero-order valence-electron chi connectivity index (χ0n) is 12.0. The lowest BCUT2D eigenvalue weighted by Gasteiger charge is -2.08. The van der Waals surface area contributed by atoms with Crippen LogP contribution in [-0.2, 0) is 0 Å². The molecule has 2 aromatic rings. The molecule has 0 spiro atoms. The number of allylic oxidation sites excluding steroid dienone is 2. The number of nitrogens with zero attached hydrogens (tertiary/aromatic N) is 3. The summed E-state index contributed by atoms with van der Waals surface area (Å²) in [5.41, 5.74) is 10.5. The van der Waals surface area contributed by atoms with E-state index in [1.54, 1.807) is 11.8 Å². The van der Waals surface area contributed by atoms with Gasteiger partial charge in [0.15, 0.2) is 5.13 Å². The van der Waals surface area contributed by atoms with Gasteiger partial charge in [0.05, 0.1) is 11.8 Å². The normalized spacial score (nSPS) is 15.2. The van der Waals surface area contributed by atoms with Crippen molar-refractivity contribution in [1.82, 2.24) is 9.97 Å². The van der Waals surface area contributed by atoms with Gasteiger partial charge in [-0.3, -0.25) is 4.98 Å². The van der Waals surface area contributed by atoms with Crippen molar-refractivity contribution < 1.29 is 0 Å². The lowest BCUT2D eigenvalue weighted by molar-refractivity contribution is 0.959. The lowest BCUT2D eigenvalue weighted by atomic mass is 10.1. The van der Waals surface area contributed by atoms with E-state index in [0.717, 1.165) is 35.4 Å². The van der Waals surface area contributed by atoms with Gasteiger partial charge >= 0.3 is 0 Å². The number of pyridine rings is 1. The minimum absolute atomic E-state index is 0.549. The number of nitriles is 1. The van der Waals surface area contributed by atoms with E-state index < -0.39 is 0 Å². The van der Waals surface area contributed by atoms with Crippen LogP contribution in [0.2, 0.25) is 0 Å². The summed E-state index contributed by atoms with van der Waals surface area (Å²) in [7, 11) is 0. The summed E-state index contributed by atoms with van der Waals surface area (Å²) in [5, 5.41) is 13.4. The third-order valence-electron chi connectivity index (χ3n) is 3.43. The minimum Gasteiger partial charge on any atom is -0.375 e. The van der Waals surface area contributed by atoms with E-state index in [-0.39, 0.29) is 0 Å². The molecular formula is C16H14N4S2. The summed E-state index contributed by atoms with van der Waals surface area (Å²) in [6.07, 6.45) is 3.58. The predicted octanol–water partition coefficient (Wildman–Crippen LogP) is 4.45. The molecule has 22 heavy (non-hydrogen) atoms. The van der Waals surface area contributed by atoms with Crippen molar-refractivity contribution in [2.45, 2.75) is 19.8 Å². The van der Waals surface area contributed by atoms with Gasteiger partial charge in [0.25, 0.3) is 0 Å². The lowest BCUT2D eigenvalue weighted by Crippen LogP contribution is -1.89. The van der Waals surface area contributed by atoms with Crippen molar-refractivity contribution in [3.05, 3.63) is 45.8 Å². The molecule has 2 aromatic heterocycles. The number of thiazole rings is 1. The topological polar surface area (TPSA) is 75.6 Å². The molecule has 0 unspecified atom stereocenters. The first-order chi connectivity index (χ1) is 10.7. The standard InChI is InChI=1S/C16H14N4S2/c1-10-2-3-11(6-17)8-21-15(10)12-4-5-13(19-7-12)14-9-22-16(18)20-14/h4-5,7-9H,2-3H2,1H3,(H2,18,20). The van der Waals surface area contributed by atoms with E-state index >= 15 is 0 Å². The van der Waals surface area contributed by atoms with Crippen LogP contribution in [0.5, 0.6) is 0 Å². The average Bonchev–Trinajstić information content (AvgIpc) is 2.88. The number of hydrogen-bond acceptors (Lipinski definition) is 6. The Morgan fingerprint density at radius 2 is 2.14 bits per heavy atom. The summed E-state index contributed by atoms with van der Waals surface area (Å²) in [6.45, 7) is 2.12. The Morgan fingerprint density at radius 3 is 2.77 bits per heavy atom. The fourth-order valence-electron chi connectivity index (χ4n) is 2.21. The highest BCUT2D eigenvalue weighted by atomic mass is 32.2. The Balaban J connectivity index is 1.89. The molecule has 0 radical (unpaired) electrons. The zero-order chi connectivity index (χ0) is 15.5. The third-order valence-corrected chi connectivity index (χ3v) is 5.33. The van der Waals surface area contributed by atoms with E-state index in [1.807, 2.05) is 23.1 Å². The molecule has 0 saturated heterocycles. The molecule has 0 aromatic carbocycles. The van der Waals surface area contributed by atoms with Gasteiger partial charge in [0, 0.05) is 27.6 Å². The molecule has 6 heteroatoms. The van der Waals surface area contributed by atoms with Gasteiger partial charge in [-0.25, -0.2) is 4.98 Å². The van der Waals surface area contributed by atoms with Crippen molar-refractivity contribution in [2.75, 3.05) is 5.73 Å². The summed E-state index contributed by atoms with van der Waals surface area (Å²) < 4.78 is 0. The molecule has 0 atom stereocenters. The quantitative estimate of drug-likeness (QED) is 0.882. The van der Waals surface area contributed by atoms with Crippen molar-refractivity contribution in [3.8, 4) is 17.5 Å². The van der Waals surface area contributed by atoms with Gasteiger partial charge in [0.2, 0.25) is 0 Å². The Morgan fingerprint density at radius 1 is 1.27 bits per heavy atom. The molecule has 3 heterocycles. The molecule has 0 amide bonds. The maximum atomic E-state index is 9.04. The van der Waals surface area contributed by atoms with Gasteiger partial charge in [-0.1, -0.05) is 23.4 Å². The van der Waals surface area contributed by atoms with Crippen LogP contribution in [0, 0.1) is 11.3 Å². The molecule has 3 rings (SSSR count). The number of hydrogen-bond donors (Lipinski definition) is 1. The maximum absolute atomic E-state index is 9.04. The number of nitrogen functional groups attached to an aromatic ring is 1. The average molecular weight is 326 g/mol. The predicted molar refractivity (Wildman–Crippen MR) is 92.9 cm³/mol. The summed E-state index contributed by atoms with van der Waals surface area (Å²) in [5.74, 6) is 0. The minimum atomic E-state index is 0.549. The van der Waals surface area contributed by atoms with E-state index in [9.17, 15) is 0 Å². The molecule has 2 N–H and O–H groups in total. The second kappa shape index (κ2) is 6.34. The van der Waals surface area contributed by atoms with Crippen LogP contribution in [0.3, 0.4) is 0 Å². The Labute approximate surface area is 137 Å².